The Balaban J connectivity index is 1.84. The molecule has 4 aromatic rings. The molecule has 0 saturated heterocycles. The Morgan fingerprint density at radius 2 is 1.54 bits per heavy atom. The van der Waals surface area contributed by atoms with E-state index in [0.717, 1.165) is 21.5 Å². The molecule has 5 rings (SSSR count). The molecule has 0 radical (unpaired) electrons. The van der Waals surface area contributed by atoms with Gasteiger partial charge in [-0.15, -0.1) is 11.3 Å². The Bertz CT molecular complexity index is 1920. The zero-order chi connectivity index (χ0) is 27.7. The monoisotopic (exact) mass is 557 g/mol. The lowest BCUT2D eigenvalue weighted by molar-refractivity contribution is 0.414. The molecule has 1 aliphatic heterocycles. The number of nitrogens with zero attached hydrogens (tertiary/aromatic N) is 2. The largest absolute Gasteiger partial charge is 0.497 e. The van der Waals surface area contributed by atoms with Gasteiger partial charge >= 0.3 is 0 Å². The van der Waals surface area contributed by atoms with Crippen molar-refractivity contribution in [1.29, 1.82) is 5.26 Å². The number of aromatic nitrogens is 1. The van der Waals surface area contributed by atoms with Gasteiger partial charge in [0.2, 0.25) is 9.84 Å². The number of methoxy groups -OCH3 is 2. The fraction of sp³-hybridized carbons (Fsp3) is 0.103. The lowest BCUT2D eigenvalue weighted by Gasteiger charge is -2.26. The highest BCUT2D eigenvalue weighted by Crippen LogP contribution is 2.41. The van der Waals surface area contributed by atoms with E-state index < -0.39 is 21.3 Å². The summed E-state index contributed by atoms with van der Waals surface area (Å²) in [6, 6.07) is 23.9. The minimum Gasteiger partial charge on any atom is -0.497 e. The van der Waals surface area contributed by atoms with Crippen LogP contribution in [0.15, 0.2) is 93.5 Å². The highest BCUT2D eigenvalue weighted by molar-refractivity contribution is 7.95. The highest BCUT2D eigenvalue weighted by atomic mass is 32.2. The molecule has 3 aromatic carbocycles. The summed E-state index contributed by atoms with van der Waals surface area (Å²) in [4.78, 5) is 13.4. The minimum atomic E-state index is -4.21. The van der Waals surface area contributed by atoms with Gasteiger partial charge < -0.3 is 15.2 Å². The van der Waals surface area contributed by atoms with Crippen LogP contribution in [0.3, 0.4) is 0 Å². The first-order chi connectivity index (χ1) is 18.8. The molecular weight excluding hydrogens is 534 g/mol. The number of sulfone groups is 1. The molecule has 0 spiro atoms. The second-order valence-electron chi connectivity index (χ2n) is 8.63. The molecule has 39 heavy (non-hydrogen) atoms. The van der Waals surface area contributed by atoms with E-state index >= 15 is 0 Å². The summed E-state index contributed by atoms with van der Waals surface area (Å²) in [6.07, 6.45) is 1.67. The van der Waals surface area contributed by atoms with Gasteiger partial charge in [0.05, 0.1) is 41.2 Å². The summed E-state index contributed by atoms with van der Waals surface area (Å²) >= 11 is 1.09. The highest BCUT2D eigenvalue weighted by Gasteiger charge is 2.39. The number of nitrogens with two attached hydrogens (primary N) is 1. The van der Waals surface area contributed by atoms with Gasteiger partial charge in [0.15, 0.2) is 0 Å². The molecule has 2 N–H and O–H groups in total. The van der Waals surface area contributed by atoms with E-state index in [4.69, 9.17) is 15.2 Å². The summed E-state index contributed by atoms with van der Waals surface area (Å²) < 4.78 is 40.2. The number of fused-ring (bicyclic) bond motifs is 1. The van der Waals surface area contributed by atoms with Gasteiger partial charge in [0, 0.05) is 0 Å². The summed E-state index contributed by atoms with van der Waals surface area (Å²) in [6.45, 7) is 0. The van der Waals surface area contributed by atoms with Gasteiger partial charge in [-0.05, 0) is 53.6 Å². The molecular formula is C29H23N3O5S2. The van der Waals surface area contributed by atoms with Crippen LogP contribution in [-0.2, 0) is 9.84 Å². The standard InChI is InChI=1S/C29H23N3O5S2/c1-36-20-12-8-18(9-13-20)16-24-28(33)32-27(31)26(39(34,35)22-6-4-3-5-7-22)25(23(17-30)29(32)38-24)19-10-14-21(37-2)15-11-19/h3-16,25H,31H2,1-2H3/b24-16+/t25-/m1/s1. The van der Waals surface area contributed by atoms with Crippen LogP contribution in [0.2, 0.25) is 0 Å². The van der Waals surface area contributed by atoms with Crippen molar-refractivity contribution in [3.63, 3.8) is 0 Å². The molecule has 0 saturated carbocycles. The summed E-state index contributed by atoms with van der Waals surface area (Å²) in [7, 11) is -1.12. The molecule has 0 fully saturated rings. The zero-order valence-corrected chi connectivity index (χ0v) is 22.6. The van der Waals surface area contributed by atoms with Gasteiger partial charge in [-0.2, -0.15) is 5.26 Å². The van der Waals surface area contributed by atoms with E-state index in [2.05, 4.69) is 6.07 Å². The first kappa shape index (κ1) is 26.0. The van der Waals surface area contributed by atoms with Crippen molar-refractivity contribution in [2.75, 3.05) is 14.2 Å². The van der Waals surface area contributed by atoms with Crippen LogP contribution in [-0.4, -0.2) is 27.2 Å². The first-order valence-electron chi connectivity index (χ1n) is 11.8. The fourth-order valence-corrected chi connectivity index (χ4v) is 7.32. The summed E-state index contributed by atoms with van der Waals surface area (Å²) in [5.41, 5.74) is 7.41. The number of rotatable bonds is 6. The van der Waals surface area contributed by atoms with Crippen molar-refractivity contribution >= 4 is 38.6 Å². The molecule has 0 amide bonds. The smallest absolute Gasteiger partial charge is 0.274 e. The normalized spacial score (nSPS) is 15.6. The van der Waals surface area contributed by atoms with E-state index in [9.17, 15) is 18.5 Å². The Morgan fingerprint density at radius 3 is 2.10 bits per heavy atom. The maximum absolute atomic E-state index is 14.0. The molecule has 8 nitrogen and oxygen atoms in total. The van der Waals surface area contributed by atoms with Gasteiger partial charge in [-0.3, -0.25) is 9.36 Å². The number of allylic oxidation sites excluding steroid dienone is 1. The maximum atomic E-state index is 14.0. The molecule has 1 atom stereocenters. The van der Waals surface area contributed by atoms with Crippen molar-refractivity contribution in [2.45, 2.75) is 10.8 Å². The third-order valence-electron chi connectivity index (χ3n) is 6.42. The summed E-state index contributed by atoms with van der Waals surface area (Å²) in [5.74, 6) is -0.0242. The predicted octanol–water partition coefficient (Wildman–Crippen LogP) is 2.79. The van der Waals surface area contributed by atoms with Crippen LogP contribution in [0, 0.1) is 11.3 Å². The zero-order valence-electron chi connectivity index (χ0n) is 21.0. The van der Waals surface area contributed by atoms with Gasteiger partial charge in [0.25, 0.3) is 5.56 Å². The number of ether oxygens (including phenoxy) is 2. The molecule has 0 unspecified atom stereocenters. The second-order valence-corrected chi connectivity index (χ2v) is 11.6. The van der Waals surface area contributed by atoms with E-state index in [1.165, 1.54) is 19.2 Å². The van der Waals surface area contributed by atoms with E-state index in [1.54, 1.807) is 79.9 Å². The van der Waals surface area contributed by atoms with Crippen LogP contribution in [0.25, 0.3) is 17.5 Å². The number of hydrogen-bond donors (Lipinski definition) is 1. The van der Waals surface area contributed by atoms with Crippen LogP contribution >= 0.6 is 11.3 Å². The van der Waals surface area contributed by atoms with Crippen LogP contribution < -0.4 is 30.0 Å². The average molecular weight is 558 g/mol. The third-order valence-corrected chi connectivity index (χ3v) is 9.45. The molecule has 0 aliphatic carbocycles. The van der Waals surface area contributed by atoms with Crippen molar-refractivity contribution in [3.8, 4) is 17.6 Å². The topological polar surface area (TPSA) is 124 Å². The molecule has 0 bridgehead atoms. The SMILES string of the molecule is COc1ccc(/C=c2/sc3n(c2=O)C(N)=C(S(=O)(=O)c2ccccc2)[C@H](c2ccc(OC)cc2)C=3C#N)cc1. The Morgan fingerprint density at radius 1 is 0.949 bits per heavy atom. The average Bonchev–Trinajstić information content (AvgIpc) is 3.29. The lowest BCUT2D eigenvalue weighted by Crippen LogP contribution is -2.39. The molecule has 196 valence electrons. The van der Waals surface area contributed by atoms with E-state index in [-0.39, 0.29) is 25.9 Å². The predicted molar refractivity (Wildman–Crippen MR) is 150 cm³/mol. The van der Waals surface area contributed by atoms with Gasteiger partial charge in [-0.1, -0.05) is 42.5 Å². The molecule has 1 aliphatic rings. The quantitative estimate of drug-likeness (QED) is 0.387. The van der Waals surface area contributed by atoms with E-state index in [0.29, 0.717) is 21.6 Å². The molecule has 2 heterocycles. The Labute approximate surface area is 228 Å². The number of benzene rings is 3. The third kappa shape index (κ3) is 4.52. The lowest BCUT2D eigenvalue weighted by atomic mass is 9.90. The molecule has 10 heteroatoms. The van der Waals surface area contributed by atoms with Crippen LogP contribution in [0.5, 0.6) is 11.5 Å². The Kier molecular flexibility index (Phi) is 6.87. The fourth-order valence-electron chi connectivity index (χ4n) is 4.49. The van der Waals surface area contributed by atoms with Gasteiger partial charge in [0.1, 0.15) is 26.9 Å². The first-order valence-corrected chi connectivity index (χ1v) is 14.1. The Hall–Kier alpha value is -4.59. The summed E-state index contributed by atoms with van der Waals surface area (Å²) in [5, 5.41) is 10.4. The van der Waals surface area contributed by atoms with E-state index in [1.807, 2.05) is 0 Å². The number of nitriles is 1. The van der Waals surface area contributed by atoms with Crippen LogP contribution in [0.4, 0.5) is 0 Å². The number of hydrogen-bond acceptors (Lipinski definition) is 8. The molecule has 1 aromatic heterocycles. The van der Waals surface area contributed by atoms with Crippen molar-refractivity contribution in [3.05, 3.63) is 114 Å². The number of thiazole rings is 1. The van der Waals surface area contributed by atoms with Crippen molar-refractivity contribution < 1.29 is 17.9 Å². The minimum absolute atomic E-state index is 0.00972. The van der Waals surface area contributed by atoms with Crippen molar-refractivity contribution in [1.82, 2.24) is 4.57 Å². The second kappa shape index (κ2) is 10.3. The van der Waals surface area contributed by atoms with Crippen molar-refractivity contribution in [2.24, 2.45) is 5.73 Å². The van der Waals surface area contributed by atoms with Crippen LogP contribution in [0.1, 0.15) is 17.0 Å². The maximum Gasteiger partial charge on any atom is 0.274 e. The van der Waals surface area contributed by atoms with Gasteiger partial charge in [-0.25, -0.2) is 8.42 Å².